The van der Waals surface area contributed by atoms with Crippen molar-refractivity contribution in [3.8, 4) is 0 Å². The number of rotatable bonds is 7. The van der Waals surface area contributed by atoms with Gasteiger partial charge in [-0.15, -0.1) is 0 Å². The zero-order valence-electron chi connectivity index (χ0n) is 17.3. The molecule has 1 aliphatic rings. The maximum absolute atomic E-state index is 13.2. The third kappa shape index (κ3) is 4.69. The van der Waals surface area contributed by atoms with Gasteiger partial charge in [0, 0.05) is 13.6 Å². The molecule has 0 bridgehead atoms. The first-order chi connectivity index (χ1) is 14.9. The van der Waals surface area contributed by atoms with Gasteiger partial charge in [-0.2, -0.15) is 0 Å². The lowest BCUT2D eigenvalue weighted by atomic mass is 10.0. The third-order valence-corrected chi connectivity index (χ3v) is 5.85. The molecule has 3 aromatic rings. The highest BCUT2D eigenvalue weighted by Crippen LogP contribution is 2.25. The fourth-order valence-corrected chi connectivity index (χ4v) is 4.12. The number of aromatic nitrogens is 1. The highest BCUT2D eigenvalue weighted by Gasteiger charge is 2.26. The number of benzene rings is 2. The number of H-pyrrole nitrogens is 1. The van der Waals surface area contributed by atoms with Crippen LogP contribution < -0.4 is 5.76 Å². The number of hydrogen-bond donors (Lipinski definition) is 2. The van der Waals surface area contributed by atoms with Crippen LogP contribution in [-0.2, 0) is 11.2 Å². The van der Waals surface area contributed by atoms with Gasteiger partial charge in [0.05, 0.1) is 23.5 Å². The Hall–Kier alpha value is -3.39. The minimum Gasteiger partial charge on any atom is -0.478 e. The summed E-state index contributed by atoms with van der Waals surface area (Å²) in [6.45, 7) is 2.60. The van der Waals surface area contributed by atoms with E-state index in [1.807, 2.05) is 6.07 Å². The largest absolute Gasteiger partial charge is 0.478 e. The van der Waals surface area contributed by atoms with Gasteiger partial charge in [0.1, 0.15) is 0 Å². The molecule has 2 aromatic carbocycles. The summed E-state index contributed by atoms with van der Waals surface area (Å²) in [7, 11) is 1.76. The zero-order valence-corrected chi connectivity index (χ0v) is 17.3. The van der Waals surface area contributed by atoms with E-state index in [-0.39, 0.29) is 23.9 Å². The Bertz CT molecular complexity index is 1160. The van der Waals surface area contributed by atoms with Crippen molar-refractivity contribution in [2.45, 2.75) is 25.3 Å². The van der Waals surface area contributed by atoms with Crippen LogP contribution >= 0.6 is 0 Å². The molecule has 2 heterocycles. The van der Waals surface area contributed by atoms with E-state index in [1.54, 1.807) is 48.3 Å². The molecule has 1 amide bonds. The normalized spacial score (nSPS) is 15.3. The molecule has 8 nitrogen and oxygen atoms in total. The van der Waals surface area contributed by atoms with Crippen LogP contribution in [0.3, 0.4) is 0 Å². The molecule has 1 aliphatic heterocycles. The Kier molecular flexibility index (Phi) is 5.90. The Morgan fingerprint density at radius 1 is 1.19 bits per heavy atom. The number of aromatic carboxylic acids is 1. The highest BCUT2D eigenvalue weighted by molar-refractivity contribution is 5.88. The monoisotopic (exact) mass is 423 g/mol. The summed E-state index contributed by atoms with van der Waals surface area (Å²) in [4.78, 5) is 42.6. The van der Waals surface area contributed by atoms with Crippen LogP contribution in [0.2, 0.25) is 0 Å². The molecule has 0 aliphatic carbocycles. The van der Waals surface area contributed by atoms with Crippen LogP contribution in [0.5, 0.6) is 0 Å². The SMILES string of the molecule is CN(C(=O)Cc1ccc2oc(=O)[nH]c2c1)C(CN1CCCC1)c1cccc(C(=O)O)c1. The Morgan fingerprint density at radius 3 is 2.71 bits per heavy atom. The maximum atomic E-state index is 13.2. The molecule has 1 saturated heterocycles. The second kappa shape index (κ2) is 8.77. The molecule has 1 atom stereocenters. The number of nitrogens with one attached hydrogen (secondary N) is 1. The highest BCUT2D eigenvalue weighted by atomic mass is 16.4. The fraction of sp³-hybridized carbons (Fsp3) is 0.348. The van der Waals surface area contributed by atoms with Gasteiger partial charge in [0.15, 0.2) is 5.58 Å². The number of likely N-dealkylation sites (tertiary alicyclic amines) is 1. The van der Waals surface area contributed by atoms with Crippen LogP contribution in [0, 0.1) is 0 Å². The van der Waals surface area contributed by atoms with Gasteiger partial charge in [-0.3, -0.25) is 9.78 Å². The molecular formula is C23H25N3O5. The summed E-state index contributed by atoms with van der Waals surface area (Å²) >= 11 is 0. The average molecular weight is 423 g/mol. The number of hydrogen-bond acceptors (Lipinski definition) is 5. The van der Waals surface area contributed by atoms with E-state index in [0.29, 0.717) is 17.6 Å². The first-order valence-electron chi connectivity index (χ1n) is 10.3. The molecule has 0 spiro atoms. The number of likely N-dealkylation sites (N-methyl/N-ethyl adjacent to an activating group) is 1. The number of fused-ring (bicyclic) bond motifs is 1. The van der Waals surface area contributed by atoms with Gasteiger partial charge >= 0.3 is 11.7 Å². The standard InChI is InChI=1S/C23H25N3O5/c1-25(21(27)12-15-7-8-20-18(11-15)24-23(30)31-20)19(14-26-9-2-3-10-26)16-5-4-6-17(13-16)22(28)29/h4-8,11,13,19H,2-3,9-10,12,14H2,1H3,(H,24,30)(H,28,29). The lowest BCUT2D eigenvalue weighted by Gasteiger charge is -2.32. The second-order valence-electron chi connectivity index (χ2n) is 7.98. The summed E-state index contributed by atoms with van der Waals surface area (Å²) < 4.78 is 5.02. The topological polar surface area (TPSA) is 107 Å². The Labute approximate surface area is 179 Å². The molecule has 0 saturated carbocycles. The van der Waals surface area contributed by atoms with Crippen molar-refractivity contribution in [1.29, 1.82) is 0 Å². The fourth-order valence-electron chi connectivity index (χ4n) is 4.12. The second-order valence-corrected chi connectivity index (χ2v) is 7.98. The number of carboxylic acids is 1. The van der Waals surface area contributed by atoms with Gasteiger partial charge in [0.25, 0.3) is 0 Å². The number of oxazole rings is 1. The molecule has 0 radical (unpaired) electrons. The van der Waals surface area contributed by atoms with Gasteiger partial charge in [-0.25, -0.2) is 9.59 Å². The molecule has 1 unspecified atom stereocenters. The van der Waals surface area contributed by atoms with Crippen LogP contribution in [0.1, 0.15) is 40.4 Å². The molecule has 1 fully saturated rings. The lowest BCUT2D eigenvalue weighted by Crippen LogP contribution is -2.39. The van der Waals surface area contributed by atoms with Crippen molar-refractivity contribution in [2.75, 3.05) is 26.7 Å². The predicted octanol–water partition coefficient (Wildman–Crippen LogP) is 2.66. The van der Waals surface area contributed by atoms with Crippen molar-refractivity contribution in [2.24, 2.45) is 0 Å². The zero-order chi connectivity index (χ0) is 22.0. The molecule has 8 heteroatoms. The third-order valence-electron chi connectivity index (χ3n) is 5.85. The average Bonchev–Trinajstić information content (AvgIpc) is 3.39. The predicted molar refractivity (Wildman–Crippen MR) is 115 cm³/mol. The van der Waals surface area contributed by atoms with E-state index in [9.17, 15) is 19.5 Å². The summed E-state index contributed by atoms with van der Waals surface area (Å²) in [5.41, 5.74) is 2.78. The number of aromatic amines is 1. The van der Waals surface area contributed by atoms with E-state index < -0.39 is 11.7 Å². The number of carbonyl (C=O) groups is 2. The molecule has 4 rings (SSSR count). The van der Waals surface area contributed by atoms with Crippen LogP contribution in [-0.4, -0.2) is 58.4 Å². The molecular weight excluding hydrogens is 398 g/mol. The van der Waals surface area contributed by atoms with Gasteiger partial charge in [-0.05, 0) is 61.3 Å². The summed E-state index contributed by atoms with van der Waals surface area (Å²) in [5.74, 6) is -1.60. The number of carboxylic acid groups (broad SMARTS) is 1. The van der Waals surface area contributed by atoms with Crippen molar-refractivity contribution in [3.63, 3.8) is 0 Å². The van der Waals surface area contributed by atoms with Crippen molar-refractivity contribution in [1.82, 2.24) is 14.8 Å². The van der Waals surface area contributed by atoms with Crippen LogP contribution in [0.4, 0.5) is 0 Å². The van der Waals surface area contributed by atoms with E-state index >= 15 is 0 Å². The first kappa shape index (κ1) is 20.9. The summed E-state index contributed by atoms with van der Waals surface area (Å²) in [5, 5.41) is 9.38. The van der Waals surface area contributed by atoms with Crippen molar-refractivity contribution < 1.29 is 19.1 Å². The molecule has 2 N–H and O–H groups in total. The number of amides is 1. The maximum Gasteiger partial charge on any atom is 0.417 e. The molecule has 162 valence electrons. The van der Waals surface area contributed by atoms with Crippen molar-refractivity contribution >= 4 is 23.0 Å². The van der Waals surface area contributed by atoms with Crippen LogP contribution in [0.25, 0.3) is 11.1 Å². The Balaban J connectivity index is 1.58. The van der Waals surface area contributed by atoms with Gasteiger partial charge < -0.3 is 19.3 Å². The minimum absolute atomic E-state index is 0.0879. The number of carbonyl (C=O) groups excluding carboxylic acids is 1. The Morgan fingerprint density at radius 2 is 1.97 bits per heavy atom. The van der Waals surface area contributed by atoms with E-state index in [0.717, 1.165) is 37.1 Å². The molecule has 1 aromatic heterocycles. The summed E-state index contributed by atoms with van der Waals surface area (Å²) in [6.07, 6.45) is 2.42. The quantitative estimate of drug-likeness (QED) is 0.605. The smallest absolute Gasteiger partial charge is 0.417 e. The number of nitrogens with zero attached hydrogens (tertiary/aromatic N) is 2. The van der Waals surface area contributed by atoms with E-state index in [2.05, 4.69) is 9.88 Å². The van der Waals surface area contributed by atoms with E-state index in [4.69, 9.17) is 4.42 Å². The van der Waals surface area contributed by atoms with Crippen molar-refractivity contribution in [3.05, 3.63) is 69.7 Å². The molecule has 31 heavy (non-hydrogen) atoms. The van der Waals surface area contributed by atoms with Crippen LogP contribution in [0.15, 0.2) is 51.7 Å². The van der Waals surface area contributed by atoms with E-state index in [1.165, 1.54) is 0 Å². The minimum atomic E-state index is -0.988. The lowest BCUT2D eigenvalue weighted by molar-refractivity contribution is -0.131. The first-order valence-corrected chi connectivity index (χ1v) is 10.3. The van der Waals surface area contributed by atoms with Gasteiger partial charge in [-0.1, -0.05) is 18.2 Å². The summed E-state index contributed by atoms with van der Waals surface area (Å²) in [6, 6.07) is 11.7. The van der Waals surface area contributed by atoms with Gasteiger partial charge in [0.2, 0.25) is 5.91 Å².